The lowest BCUT2D eigenvalue weighted by atomic mass is 10.2. The molecule has 0 spiro atoms. The summed E-state index contributed by atoms with van der Waals surface area (Å²) in [5.41, 5.74) is 0. The maximum Gasteiger partial charge on any atom is 0.333 e. The van der Waals surface area contributed by atoms with Gasteiger partial charge in [-0.15, -0.1) is 10.1 Å². The summed E-state index contributed by atoms with van der Waals surface area (Å²) in [4.78, 5) is 78.9. The van der Waals surface area contributed by atoms with Crippen LogP contribution in [0.2, 0.25) is 0 Å². The maximum absolute atomic E-state index is 11.7. The number of carbonyl (C=O) groups is 6. The van der Waals surface area contributed by atoms with Crippen LogP contribution in [0.5, 0.6) is 0 Å². The first-order valence-electron chi connectivity index (χ1n) is 8.52. The standard InChI is InChI=1S/C14H16N2O13S2/c17-9-5-7(30(23)24)13(21)15(9)28-11(19)3-1-2-4-12(20)29-16-10(18)6-8(14(16)22)31(25,26)27/h7-8H,1-6H2,(H,23,24)(H,25,26,27)/p-1. The van der Waals surface area contributed by atoms with Crippen LogP contribution in [0.4, 0.5) is 0 Å². The number of amides is 4. The Morgan fingerprint density at radius 2 is 1.42 bits per heavy atom. The van der Waals surface area contributed by atoms with Gasteiger partial charge in [-0.1, -0.05) is 0 Å². The molecule has 15 nitrogen and oxygen atoms in total. The van der Waals surface area contributed by atoms with Gasteiger partial charge in [0.1, 0.15) is 5.25 Å². The Balaban J connectivity index is 1.73. The van der Waals surface area contributed by atoms with Crippen LogP contribution in [-0.4, -0.2) is 77.9 Å². The van der Waals surface area contributed by atoms with Gasteiger partial charge in [0, 0.05) is 12.8 Å². The predicted molar refractivity (Wildman–Crippen MR) is 91.6 cm³/mol. The summed E-state index contributed by atoms with van der Waals surface area (Å²) < 4.78 is 52.5. The highest BCUT2D eigenvalue weighted by molar-refractivity contribution is 7.87. The van der Waals surface area contributed by atoms with Gasteiger partial charge < -0.3 is 14.2 Å². The van der Waals surface area contributed by atoms with E-state index in [0.717, 1.165) is 0 Å². The number of rotatable bonds is 9. The van der Waals surface area contributed by atoms with Crippen molar-refractivity contribution >= 4 is 56.8 Å². The van der Waals surface area contributed by atoms with Crippen molar-refractivity contribution < 1.29 is 60.2 Å². The lowest BCUT2D eigenvalue weighted by molar-refractivity contribution is -0.198. The lowest BCUT2D eigenvalue weighted by Gasteiger charge is -2.15. The largest absolute Gasteiger partial charge is 0.772 e. The fourth-order valence-electron chi connectivity index (χ4n) is 2.57. The highest BCUT2D eigenvalue weighted by Gasteiger charge is 2.48. The van der Waals surface area contributed by atoms with Gasteiger partial charge in [-0.05, 0) is 23.9 Å². The molecule has 17 heteroatoms. The van der Waals surface area contributed by atoms with E-state index >= 15 is 0 Å². The van der Waals surface area contributed by atoms with Crippen LogP contribution in [0.25, 0.3) is 0 Å². The van der Waals surface area contributed by atoms with Crippen LogP contribution in [-0.2, 0) is 59.6 Å². The first-order chi connectivity index (χ1) is 14.3. The number of unbranched alkanes of at least 4 members (excludes halogenated alkanes) is 1. The van der Waals surface area contributed by atoms with E-state index in [2.05, 4.69) is 9.68 Å². The highest BCUT2D eigenvalue weighted by atomic mass is 32.2. The van der Waals surface area contributed by atoms with Gasteiger partial charge in [0.05, 0.1) is 12.8 Å². The quantitative estimate of drug-likeness (QED) is 0.155. The molecule has 3 atom stereocenters. The minimum absolute atomic E-state index is 0.0173. The third-order valence-corrected chi connectivity index (χ3v) is 6.03. The monoisotopic (exact) mass is 483 g/mol. The van der Waals surface area contributed by atoms with E-state index in [9.17, 15) is 45.9 Å². The van der Waals surface area contributed by atoms with Crippen molar-refractivity contribution in [2.45, 2.75) is 49.0 Å². The zero-order valence-corrected chi connectivity index (χ0v) is 17.1. The van der Waals surface area contributed by atoms with Crippen LogP contribution in [0.1, 0.15) is 38.5 Å². The van der Waals surface area contributed by atoms with Crippen molar-refractivity contribution in [3.63, 3.8) is 0 Å². The summed E-state index contributed by atoms with van der Waals surface area (Å²) in [6.45, 7) is 0. The third kappa shape index (κ3) is 5.90. The van der Waals surface area contributed by atoms with Crippen LogP contribution < -0.4 is 0 Å². The van der Waals surface area contributed by atoms with Gasteiger partial charge in [-0.3, -0.25) is 27.9 Å². The van der Waals surface area contributed by atoms with Crippen LogP contribution in [0, 0.1) is 0 Å². The Labute approximate surface area is 176 Å². The fraction of sp³-hybridized carbons (Fsp3) is 0.571. The molecule has 0 bridgehead atoms. The summed E-state index contributed by atoms with van der Waals surface area (Å²) in [6, 6.07) is 0. The smallest absolute Gasteiger partial charge is 0.333 e. The van der Waals surface area contributed by atoms with Crippen LogP contribution in [0.15, 0.2) is 0 Å². The van der Waals surface area contributed by atoms with E-state index in [1.807, 2.05) is 0 Å². The van der Waals surface area contributed by atoms with Gasteiger partial charge in [0.25, 0.3) is 33.7 Å². The Morgan fingerprint density at radius 3 is 1.81 bits per heavy atom. The molecule has 0 aromatic heterocycles. The van der Waals surface area contributed by atoms with E-state index < -0.39 is 86.5 Å². The Kier molecular flexibility index (Phi) is 7.58. The number of hydroxylamine groups is 4. The number of imide groups is 2. The molecule has 2 rings (SSSR count). The molecule has 0 saturated carbocycles. The van der Waals surface area contributed by atoms with E-state index in [-0.39, 0.29) is 29.4 Å². The number of hydrogen-bond acceptors (Lipinski definition) is 12. The van der Waals surface area contributed by atoms with Crippen LogP contribution in [0.3, 0.4) is 0 Å². The van der Waals surface area contributed by atoms with Crippen molar-refractivity contribution in [2.75, 3.05) is 0 Å². The zero-order chi connectivity index (χ0) is 23.5. The molecule has 0 radical (unpaired) electrons. The Hall–Kier alpha value is -2.76. The van der Waals surface area contributed by atoms with Gasteiger partial charge in [-0.25, -0.2) is 9.59 Å². The van der Waals surface area contributed by atoms with Crippen molar-refractivity contribution in [3.05, 3.63) is 0 Å². The molecule has 0 aliphatic carbocycles. The van der Waals surface area contributed by atoms with Crippen molar-refractivity contribution in [3.8, 4) is 0 Å². The number of carbonyl (C=O) groups excluding carboxylic acids is 6. The van der Waals surface area contributed by atoms with E-state index in [1.165, 1.54) is 0 Å². The predicted octanol–water partition coefficient (Wildman–Crippen LogP) is -2.51. The molecule has 2 aliphatic rings. The third-order valence-electron chi connectivity index (χ3n) is 4.11. The summed E-state index contributed by atoms with van der Waals surface area (Å²) >= 11 is -2.86. The minimum atomic E-state index is -4.85. The first-order valence-corrected chi connectivity index (χ1v) is 11.2. The Morgan fingerprint density at radius 1 is 0.968 bits per heavy atom. The second-order valence-electron chi connectivity index (χ2n) is 6.35. The highest BCUT2D eigenvalue weighted by Crippen LogP contribution is 2.21. The first kappa shape index (κ1) is 24.5. The SMILES string of the molecule is O=C(CCCCC(=O)ON1C(=O)CC(S(=O)(=O)O)C1=O)ON1C(=O)CC(S(=O)[O-])C1=O. The molecule has 172 valence electrons. The maximum atomic E-state index is 11.7. The van der Waals surface area contributed by atoms with Gasteiger partial charge in [-0.2, -0.15) is 8.42 Å². The lowest BCUT2D eigenvalue weighted by Crippen LogP contribution is -2.36. The molecule has 0 aromatic rings. The van der Waals surface area contributed by atoms with Crippen LogP contribution >= 0.6 is 0 Å². The molecule has 2 heterocycles. The van der Waals surface area contributed by atoms with Crippen molar-refractivity contribution in [1.29, 1.82) is 0 Å². The van der Waals surface area contributed by atoms with Gasteiger partial charge in [0.2, 0.25) is 0 Å². The summed E-state index contributed by atoms with van der Waals surface area (Å²) in [6.07, 6.45) is -2.36. The van der Waals surface area contributed by atoms with E-state index in [0.29, 0.717) is 0 Å². The topological polar surface area (TPSA) is 222 Å². The summed E-state index contributed by atoms with van der Waals surface area (Å²) in [7, 11) is -4.85. The summed E-state index contributed by atoms with van der Waals surface area (Å²) in [5.74, 6) is -6.90. The normalized spacial score (nSPS) is 22.8. The van der Waals surface area contributed by atoms with Crippen molar-refractivity contribution in [1.82, 2.24) is 10.1 Å². The molecule has 4 amide bonds. The zero-order valence-electron chi connectivity index (χ0n) is 15.5. The number of nitrogens with zero attached hydrogens (tertiary/aromatic N) is 2. The van der Waals surface area contributed by atoms with E-state index in [4.69, 9.17) is 4.55 Å². The molecule has 0 aromatic carbocycles. The molecule has 1 N–H and O–H groups in total. The second kappa shape index (κ2) is 9.58. The number of hydrogen-bond donors (Lipinski definition) is 1. The molecule has 3 unspecified atom stereocenters. The van der Waals surface area contributed by atoms with Crippen molar-refractivity contribution in [2.24, 2.45) is 0 Å². The van der Waals surface area contributed by atoms with E-state index in [1.54, 1.807) is 0 Å². The Bertz CT molecular complexity index is 959. The summed E-state index contributed by atoms with van der Waals surface area (Å²) in [5, 5.41) is -3.69. The van der Waals surface area contributed by atoms with Gasteiger partial charge in [0.15, 0.2) is 5.25 Å². The average molecular weight is 483 g/mol. The molecular weight excluding hydrogens is 468 g/mol. The molecule has 2 aliphatic heterocycles. The fourth-order valence-corrected chi connectivity index (χ4v) is 3.82. The average Bonchev–Trinajstić information content (AvgIpc) is 3.10. The second-order valence-corrected chi connectivity index (χ2v) is 9.04. The van der Waals surface area contributed by atoms with Gasteiger partial charge >= 0.3 is 11.9 Å². The minimum Gasteiger partial charge on any atom is -0.772 e. The molecular formula is C14H15N2O13S2-. The molecule has 2 saturated heterocycles. The molecule has 2 fully saturated rings. The molecule has 31 heavy (non-hydrogen) atoms.